The highest BCUT2D eigenvalue weighted by molar-refractivity contribution is 6.30. The summed E-state index contributed by atoms with van der Waals surface area (Å²) in [7, 11) is 0. The van der Waals surface area contributed by atoms with Crippen LogP contribution in [0.1, 0.15) is 22.8 Å². The molecule has 5 heteroatoms. The van der Waals surface area contributed by atoms with E-state index in [2.05, 4.69) is 5.32 Å². The molecule has 0 heterocycles. The predicted octanol–water partition coefficient (Wildman–Crippen LogP) is 3.83. The Labute approximate surface area is 127 Å². The summed E-state index contributed by atoms with van der Waals surface area (Å²) in [5, 5.41) is 3.43. The Bertz CT molecular complexity index is 680. The average molecular weight is 304 g/mol. The molecule has 2 aromatic carbocycles. The lowest BCUT2D eigenvalue weighted by molar-refractivity contribution is -0.131. The van der Waals surface area contributed by atoms with Crippen LogP contribution in [0.25, 0.3) is 0 Å². The zero-order valence-corrected chi connectivity index (χ0v) is 12.4. The Kier molecular flexibility index (Phi) is 4.60. The minimum atomic E-state index is -0.399. The van der Waals surface area contributed by atoms with Gasteiger partial charge in [-0.25, -0.2) is 0 Å². The number of carbonyl (C=O) groups is 2. The topological polar surface area (TPSA) is 55.4 Å². The van der Waals surface area contributed by atoms with Crippen LogP contribution >= 0.6 is 11.6 Å². The lowest BCUT2D eigenvalue weighted by Crippen LogP contribution is -2.12. The first-order chi connectivity index (χ1) is 9.95. The van der Waals surface area contributed by atoms with Crippen LogP contribution in [0.3, 0.4) is 0 Å². The molecule has 0 spiro atoms. The summed E-state index contributed by atoms with van der Waals surface area (Å²) in [4.78, 5) is 23.0. The smallest absolute Gasteiger partial charge is 0.308 e. The molecule has 2 aromatic rings. The highest BCUT2D eigenvalue weighted by Gasteiger charge is 2.08. The molecule has 21 heavy (non-hydrogen) atoms. The van der Waals surface area contributed by atoms with Crippen molar-refractivity contribution in [2.45, 2.75) is 13.8 Å². The third-order valence-corrected chi connectivity index (χ3v) is 3.05. The van der Waals surface area contributed by atoms with Crippen LogP contribution in [0.4, 0.5) is 5.69 Å². The summed E-state index contributed by atoms with van der Waals surface area (Å²) in [5.74, 6) is -0.236. The Morgan fingerprint density at radius 1 is 1.10 bits per heavy atom. The first-order valence-corrected chi connectivity index (χ1v) is 6.69. The van der Waals surface area contributed by atoms with Gasteiger partial charge in [-0.2, -0.15) is 0 Å². The number of carbonyl (C=O) groups excluding carboxylic acids is 2. The number of benzene rings is 2. The molecular formula is C16H14ClNO3. The lowest BCUT2D eigenvalue weighted by atomic mass is 10.1. The average Bonchev–Trinajstić information content (AvgIpc) is 2.42. The van der Waals surface area contributed by atoms with Gasteiger partial charge in [0.2, 0.25) is 0 Å². The highest BCUT2D eigenvalue weighted by Crippen LogP contribution is 2.20. The maximum absolute atomic E-state index is 12.1. The molecule has 0 unspecified atom stereocenters. The van der Waals surface area contributed by atoms with Gasteiger partial charge in [-0.15, -0.1) is 0 Å². The number of hydrogen-bond acceptors (Lipinski definition) is 3. The van der Waals surface area contributed by atoms with Crippen LogP contribution in [0, 0.1) is 6.92 Å². The van der Waals surface area contributed by atoms with Gasteiger partial charge in [-0.05, 0) is 55.0 Å². The van der Waals surface area contributed by atoms with Gasteiger partial charge >= 0.3 is 5.97 Å². The number of amides is 1. The molecule has 0 aliphatic rings. The maximum Gasteiger partial charge on any atom is 0.308 e. The van der Waals surface area contributed by atoms with E-state index < -0.39 is 5.97 Å². The molecule has 0 fully saturated rings. The van der Waals surface area contributed by atoms with Crippen molar-refractivity contribution in [1.82, 2.24) is 0 Å². The van der Waals surface area contributed by atoms with E-state index in [4.69, 9.17) is 16.3 Å². The number of nitrogens with one attached hydrogen (secondary N) is 1. The van der Waals surface area contributed by atoms with Crippen LogP contribution in [-0.2, 0) is 4.79 Å². The number of anilines is 1. The summed E-state index contributed by atoms with van der Waals surface area (Å²) in [6.07, 6.45) is 0. The van der Waals surface area contributed by atoms with Crippen molar-refractivity contribution >= 4 is 29.2 Å². The molecule has 0 aromatic heterocycles. The van der Waals surface area contributed by atoms with Gasteiger partial charge in [-0.1, -0.05) is 11.6 Å². The van der Waals surface area contributed by atoms with Crippen molar-refractivity contribution in [2.24, 2.45) is 0 Å². The molecule has 0 saturated heterocycles. The van der Waals surface area contributed by atoms with Crippen molar-refractivity contribution in [3.63, 3.8) is 0 Å². The third kappa shape index (κ3) is 4.07. The Morgan fingerprint density at radius 2 is 1.76 bits per heavy atom. The van der Waals surface area contributed by atoms with Crippen molar-refractivity contribution in [1.29, 1.82) is 0 Å². The number of rotatable bonds is 3. The van der Waals surface area contributed by atoms with Crippen molar-refractivity contribution in [3.05, 3.63) is 58.6 Å². The predicted molar refractivity (Wildman–Crippen MR) is 81.9 cm³/mol. The molecule has 0 aliphatic carbocycles. The summed E-state index contributed by atoms with van der Waals surface area (Å²) in [6.45, 7) is 3.19. The fourth-order valence-corrected chi connectivity index (χ4v) is 2.03. The molecule has 2 rings (SSSR count). The number of hydrogen-bond donors (Lipinski definition) is 1. The second kappa shape index (κ2) is 6.41. The van der Waals surface area contributed by atoms with E-state index in [1.165, 1.54) is 6.92 Å². The lowest BCUT2D eigenvalue weighted by Gasteiger charge is -2.09. The van der Waals surface area contributed by atoms with Gasteiger partial charge in [-0.3, -0.25) is 9.59 Å². The van der Waals surface area contributed by atoms with Crippen LogP contribution < -0.4 is 10.1 Å². The SMILES string of the molecule is CC(=O)Oc1ccc(C(=O)Nc2ccc(Cl)cc2C)cc1. The van der Waals surface area contributed by atoms with E-state index in [0.29, 0.717) is 22.0 Å². The van der Waals surface area contributed by atoms with E-state index in [1.54, 1.807) is 42.5 Å². The van der Waals surface area contributed by atoms with E-state index in [-0.39, 0.29) is 5.91 Å². The zero-order chi connectivity index (χ0) is 15.4. The van der Waals surface area contributed by atoms with Gasteiger partial charge in [0.15, 0.2) is 0 Å². The van der Waals surface area contributed by atoms with Gasteiger partial charge in [0.1, 0.15) is 5.75 Å². The standard InChI is InChI=1S/C16H14ClNO3/c1-10-9-13(17)5-8-15(10)18-16(20)12-3-6-14(7-4-12)21-11(2)19/h3-9H,1-2H3,(H,18,20). The van der Waals surface area contributed by atoms with E-state index in [0.717, 1.165) is 5.56 Å². The third-order valence-electron chi connectivity index (χ3n) is 2.81. The fourth-order valence-electron chi connectivity index (χ4n) is 1.80. The Morgan fingerprint density at radius 3 is 2.33 bits per heavy atom. The van der Waals surface area contributed by atoms with Gasteiger partial charge in [0.05, 0.1) is 0 Å². The molecule has 4 nitrogen and oxygen atoms in total. The number of halogens is 1. The van der Waals surface area contributed by atoms with E-state index in [1.807, 2.05) is 6.92 Å². The summed E-state index contributed by atoms with van der Waals surface area (Å²) >= 11 is 5.88. The second-order valence-electron chi connectivity index (χ2n) is 4.53. The molecule has 0 aliphatic heterocycles. The molecular weight excluding hydrogens is 290 g/mol. The summed E-state index contributed by atoms with van der Waals surface area (Å²) < 4.78 is 4.91. The highest BCUT2D eigenvalue weighted by atomic mass is 35.5. The number of ether oxygens (including phenoxy) is 1. The molecule has 1 N–H and O–H groups in total. The van der Waals surface area contributed by atoms with Crippen molar-refractivity contribution in [3.8, 4) is 5.75 Å². The number of esters is 1. The van der Waals surface area contributed by atoms with E-state index in [9.17, 15) is 9.59 Å². The van der Waals surface area contributed by atoms with E-state index >= 15 is 0 Å². The first-order valence-electron chi connectivity index (χ1n) is 6.31. The van der Waals surface area contributed by atoms with Gasteiger partial charge in [0.25, 0.3) is 5.91 Å². The quantitative estimate of drug-likeness (QED) is 0.692. The van der Waals surface area contributed by atoms with Gasteiger partial charge in [0, 0.05) is 23.2 Å². The zero-order valence-electron chi connectivity index (χ0n) is 11.6. The van der Waals surface area contributed by atoms with Crippen molar-refractivity contribution < 1.29 is 14.3 Å². The minimum absolute atomic E-state index is 0.241. The second-order valence-corrected chi connectivity index (χ2v) is 4.97. The Hall–Kier alpha value is -2.33. The fraction of sp³-hybridized carbons (Fsp3) is 0.125. The normalized spacial score (nSPS) is 10.0. The van der Waals surface area contributed by atoms with Crippen LogP contribution in [0.5, 0.6) is 5.75 Å². The molecule has 0 radical (unpaired) electrons. The molecule has 108 valence electrons. The van der Waals surface area contributed by atoms with Gasteiger partial charge < -0.3 is 10.1 Å². The largest absolute Gasteiger partial charge is 0.427 e. The first kappa shape index (κ1) is 15.1. The number of aryl methyl sites for hydroxylation is 1. The van der Waals surface area contributed by atoms with Crippen LogP contribution in [0.15, 0.2) is 42.5 Å². The molecule has 0 bridgehead atoms. The maximum atomic E-state index is 12.1. The van der Waals surface area contributed by atoms with Crippen molar-refractivity contribution in [2.75, 3.05) is 5.32 Å². The molecule has 0 saturated carbocycles. The summed E-state index contributed by atoms with van der Waals surface area (Å²) in [6, 6.07) is 11.6. The summed E-state index contributed by atoms with van der Waals surface area (Å²) in [5.41, 5.74) is 2.06. The van der Waals surface area contributed by atoms with Crippen LogP contribution in [0.2, 0.25) is 5.02 Å². The van der Waals surface area contributed by atoms with Crippen LogP contribution in [-0.4, -0.2) is 11.9 Å². The molecule has 0 atom stereocenters. The molecule has 1 amide bonds. The minimum Gasteiger partial charge on any atom is -0.427 e. The monoisotopic (exact) mass is 303 g/mol. The Balaban J connectivity index is 2.11.